The van der Waals surface area contributed by atoms with Crippen LogP contribution in [-0.2, 0) is 16.3 Å². The maximum atomic E-state index is 11.7. The van der Waals surface area contributed by atoms with Gasteiger partial charge in [-0.3, -0.25) is 4.98 Å². The predicted molar refractivity (Wildman–Crippen MR) is 84.3 cm³/mol. The molecule has 0 fully saturated rings. The Balaban J connectivity index is 2.32. The largest absolute Gasteiger partial charge is 0.313 e. The van der Waals surface area contributed by atoms with Crippen LogP contribution in [0.2, 0.25) is 5.02 Å². The fourth-order valence-corrected chi connectivity index (χ4v) is 3.01. The van der Waals surface area contributed by atoms with Gasteiger partial charge in [0.1, 0.15) is 0 Å². The lowest BCUT2D eigenvalue weighted by Crippen LogP contribution is -2.19. The Labute approximate surface area is 130 Å². The van der Waals surface area contributed by atoms with Crippen molar-refractivity contribution in [2.45, 2.75) is 17.4 Å². The number of hydrogen-bond acceptors (Lipinski definition) is 4. The molecule has 0 spiro atoms. The molecule has 1 heterocycles. The summed E-state index contributed by atoms with van der Waals surface area (Å²) in [4.78, 5) is 4.29. The summed E-state index contributed by atoms with van der Waals surface area (Å²) in [7, 11) is -1.37. The highest BCUT2D eigenvalue weighted by Crippen LogP contribution is 2.24. The molecule has 0 amide bonds. The Bertz CT molecular complexity index is 732. The number of halogens is 1. The van der Waals surface area contributed by atoms with E-state index in [4.69, 9.17) is 11.6 Å². The van der Waals surface area contributed by atoms with E-state index in [-0.39, 0.29) is 6.04 Å². The van der Waals surface area contributed by atoms with E-state index in [0.717, 1.165) is 11.1 Å². The molecule has 1 aromatic carbocycles. The molecule has 0 aliphatic heterocycles. The number of pyridine rings is 1. The zero-order valence-corrected chi connectivity index (χ0v) is 13.4. The SMILES string of the molecule is CNC(Cc1ccncc1Cl)c1cccc(S(C)(=O)=O)c1. The standard InChI is InChI=1S/C15H17ClN2O2S/c1-17-15(9-11-6-7-18-10-14(11)16)12-4-3-5-13(8-12)21(2,19)20/h3-8,10,15,17H,9H2,1-2H3. The molecule has 2 rings (SSSR count). The topological polar surface area (TPSA) is 59.1 Å². The highest BCUT2D eigenvalue weighted by atomic mass is 35.5. The van der Waals surface area contributed by atoms with Crippen molar-refractivity contribution in [1.82, 2.24) is 10.3 Å². The monoisotopic (exact) mass is 324 g/mol. The van der Waals surface area contributed by atoms with Crippen LogP contribution >= 0.6 is 11.6 Å². The van der Waals surface area contributed by atoms with Crippen molar-refractivity contribution in [3.8, 4) is 0 Å². The molecule has 2 aromatic rings. The normalized spacial score (nSPS) is 13.1. The minimum Gasteiger partial charge on any atom is -0.313 e. The number of aromatic nitrogens is 1. The van der Waals surface area contributed by atoms with Crippen LogP contribution in [0.25, 0.3) is 0 Å². The Hall–Kier alpha value is -1.43. The van der Waals surface area contributed by atoms with Crippen molar-refractivity contribution in [2.75, 3.05) is 13.3 Å². The van der Waals surface area contributed by atoms with Crippen LogP contribution in [0, 0.1) is 0 Å². The van der Waals surface area contributed by atoms with Gasteiger partial charge in [-0.1, -0.05) is 23.7 Å². The fraction of sp³-hybridized carbons (Fsp3) is 0.267. The third-order valence-electron chi connectivity index (χ3n) is 3.32. The van der Waals surface area contributed by atoms with Crippen LogP contribution in [0.1, 0.15) is 17.2 Å². The Morgan fingerprint density at radius 1 is 1.33 bits per heavy atom. The molecule has 1 aromatic heterocycles. The number of nitrogens with one attached hydrogen (secondary N) is 1. The van der Waals surface area contributed by atoms with Gasteiger partial charge in [0.15, 0.2) is 9.84 Å². The van der Waals surface area contributed by atoms with E-state index in [1.165, 1.54) is 6.26 Å². The summed E-state index contributed by atoms with van der Waals surface area (Å²) in [5.41, 5.74) is 1.88. The molecule has 112 valence electrons. The molecule has 21 heavy (non-hydrogen) atoms. The zero-order valence-electron chi connectivity index (χ0n) is 11.9. The third kappa shape index (κ3) is 4.03. The Kier molecular flexibility index (Phi) is 4.98. The van der Waals surface area contributed by atoms with Gasteiger partial charge in [0.25, 0.3) is 0 Å². The average molecular weight is 325 g/mol. The lowest BCUT2D eigenvalue weighted by molar-refractivity contribution is 0.587. The lowest BCUT2D eigenvalue weighted by atomic mass is 10.00. The molecular weight excluding hydrogens is 308 g/mol. The maximum absolute atomic E-state index is 11.7. The van der Waals surface area contributed by atoms with Gasteiger partial charge >= 0.3 is 0 Å². The summed E-state index contributed by atoms with van der Waals surface area (Å²) >= 11 is 6.13. The predicted octanol–water partition coefficient (Wildman–Crippen LogP) is 2.64. The lowest BCUT2D eigenvalue weighted by Gasteiger charge is -2.18. The summed E-state index contributed by atoms with van der Waals surface area (Å²) in [6.45, 7) is 0. The number of nitrogens with zero attached hydrogens (tertiary/aromatic N) is 1. The van der Waals surface area contributed by atoms with E-state index < -0.39 is 9.84 Å². The van der Waals surface area contributed by atoms with Crippen molar-refractivity contribution in [3.63, 3.8) is 0 Å². The summed E-state index contributed by atoms with van der Waals surface area (Å²) < 4.78 is 23.3. The summed E-state index contributed by atoms with van der Waals surface area (Å²) in [5.74, 6) is 0. The minimum atomic E-state index is -3.21. The van der Waals surface area contributed by atoms with Gasteiger partial charge in [0.2, 0.25) is 0 Å². The van der Waals surface area contributed by atoms with E-state index in [9.17, 15) is 8.42 Å². The molecule has 0 aliphatic carbocycles. The van der Waals surface area contributed by atoms with Gasteiger partial charge in [0.05, 0.1) is 9.92 Å². The second-order valence-electron chi connectivity index (χ2n) is 4.86. The highest BCUT2D eigenvalue weighted by Gasteiger charge is 2.15. The first-order chi connectivity index (χ1) is 9.91. The van der Waals surface area contributed by atoms with Gasteiger partial charge < -0.3 is 5.32 Å². The maximum Gasteiger partial charge on any atom is 0.175 e. The van der Waals surface area contributed by atoms with Crippen molar-refractivity contribution >= 4 is 21.4 Å². The first kappa shape index (κ1) is 15.9. The van der Waals surface area contributed by atoms with E-state index in [1.807, 2.05) is 19.2 Å². The molecule has 0 radical (unpaired) electrons. The Morgan fingerprint density at radius 3 is 2.71 bits per heavy atom. The van der Waals surface area contributed by atoms with Gasteiger partial charge in [-0.05, 0) is 42.8 Å². The van der Waals surface area contributed by atoms with Crippen LogP contribution in [0.5, 0.6) is 0 Å². The smallest absolute Gasteiger partial charge is 0.175 e. The molecule has 4 nitrogen and oxygen atoms in total. The first-order valence-electron chi connectivity index (χ1n) is 6.47. The third-order valence-corrected chi connectivity index (χ3v) is 4.77. The summed E-state index contributed by atoms with van der Waals surface area (Å²) in [6, 6.07) is 8.81. The van der Waals surface area contributed by atoms with Crippen LogP contribution in [-0.4, -0.2) is 26.7 Å². The van der Waals surface area contributed by atoms with Crippen LogP contribution < -0.4 is 5.32 Å². The minimum absolute atomic E-state index is 0.0217. The van der Waals surface area contributed by atoms with Crippen molar-refractivity contribution in [2.24, 2.45) is 0 Å². The average Bonchev–Trinajstić information content (AvgIpc) is 2.46. The molecular formula is C15H17ClN2O2S. The number of sulfone groups is 1. The fourth-order valence-electron chi connectivity index (χ4n) is 2.14. The molecule has 0 bridgehead atoms. The van der Waals surface area contributed by atoms with Crippen molar-refractivity contribution in [3.05, 3.63) is 58.9 Å². The summed E-state index contributed by atoms with van der Waals surface area (Å²) in [6.07, 6.45) is 5.17. The molecule has 1 unspecified atom stereocenters. The molecule has 1 atom stereocenters. The van der Waals surface area contributed by atoms with E-state index >= 15 is 0 Å². The van der Waals surface area contributed by atoms with E-state index in [0.29, 0.717) is 16.3 Å². The van der Waals surface area contributed by atoms with Crippen molar-refractivity contribution < 1.29 is 8.42 Å². The number of likely N-dealkylation sites (N-methyl/N-ethyl adjacent to an activating group) is 1. The number of benzene rings is 1. The first-order valence-corrected chi connectivity index (χ1v) is 8.74. The van der Waals surface area contributed by atoms with E-state index in [2.05, 4.69) is 10.3 Å². The second kappa shape index (κ2) is 6.56. The van der Waals surface area contributed by atoms with Crippen LogP contribution in [0.4, 0.5) is 0 Å². The molecule has 6 heteroatoms. The Morgan fingerprint density at radius 2 is 2.10 bits per heavy atom. The molecule has 0 saturated heterocycles. The summed E-state index contributed by atoms with van der Waals surface area (Å²) in [5, 5.41) is 3.81. The number of rotatable bonds is 5. The molecule has 1 N–H and O–H groups in total. The second-order valence-corrected chi connectivity index (χ2v) is 7.28. The van der Waals surface area contributed by atoms with Gasteiger partial charge in [-0.25, -0.2) is 8.42 Å². The molecule has 0 saturated carbocycles. The van der Waals surface area contributed by atoms with Crippen LogP contribution in [0.15, 0.2) is 47.6 Å². The van der Waals surface area contributed by atoms with Gasteiger partial charge in [-0.15, -0.1) is 0 Å². The molecule has 0 aliphatic rings. The van der Waals surface area contributed by atoms with E-state index in [1.54, 1.807) is 30.6 Å². The van der Waals surface area contributed by atoms with Crippen molar-refractivity contribution in [1.29, 1.82) is 0 Å². The van der Waals surface area contributed by atoms with Gasteiger partial charge in [0, 0.05) is 24.7 Å². The number of hydrogen-bond donors (Lipinski definition) is 1. The highest BCUT2D eigenvalue weighted by molar-refractivity contribution is 7.90. The van der Waals surface area contributed by atoms with Gasteiger partial charge in [-0.2, -0.15) is 0 Å². The van der Waals surface area contributed by atoms with Crippen LogP contribution in [0.3, 0.4) is 0 Å². The quantitative estimate of drug-likeness (QED) is 0.918. The zero-order chi connectivity index (χ0) is 15.5.